The lowest BCUT2D eigenvalue weighted by Crippen LogP contribution is -2.52. The Hall–Kier alpha value is -0.380. The van der Waals surface area contributed by atoms with Gasteiger partial charge in [0.05, 0.1) is 0 Å². The van der Waals surface area contributed by atoms with Crippen LogP contribution in [-0.4, -0.2) is 33.4 Å². The Bertz CT molecular complexity index is 242. The molecule has 1 amide bonds. The van der Waals surface area contributed by atoms with Crippen LogP contribution in [0.1, 0.15) is 46.5 Å². The quantitative estimate of drug-likeness (QED) is 0.733. The molecule has 0 aromatic heterocycles. The van der Waals surface area contributed by atoms with Crippen LogP contribution in [0.5, 0.6) is 0 Å². The first-order chi connectivity index (χ1) is 7.36. The Morgan fingerprint density at radius 1 is 1.31 bits per heavy atom. The maximum atomic E-state index is 11.3. The van der Waals surface area contributed by atoms with Crippen molar-refractivity contribution in [2.24, 2.45) is 5.92 Å². The number of amides is 1. The summed E-state index contributed by atoms with van der Waals surface area (Å²) >= 11 is 4.31. The topological polar surface area (TPSA) is 40.5 Å². The second kappa shape index (κ2) is 5.30. The first kappa shape index (κ1) is 13.7. The normalized spacial score (nSPS) is 26.5. The van der Waals surface area contributed by atoms with Gasteiger partial charge < -0.3 is 10.0 Å². The highest BCUT2D eigenvalue weighted by atomic mass is 32.1. The predicted octanol–water partition coefficient (Wildman–Crippen LogP) is 3.25. The van der Waals surface area contributed by atoms with Crippen molar-refractivity contribution in [1.82, 2.24) is 4.90 Å². The summed E-state index contributed by atoms with van der Waals surface area (Å²) in [7, 11) is 0. The molecule has 0 atom stereocenters. The summed E-state index contributed by atoms with van der Waals surface area (Å²) < 4.78 is 0. The second-order valence-electron chi connectivity index (χ2n) is 5.68. The first-order valence-electron chi connectivity index (χ1n) is 5.99. The molecular weight excluding hydrogens is 222 g/mol. The number of nitrogens with zero attached hydrogens (tertiary/aromatic N) is 1. The van der Waals surface area contributed by atoms with Crippen molar-refractivity contribution in [3.8, 4) is 0 Å². The summed E-state index contributed by atoms with van der Waals surface area (Å²) in [4.78, 5) is 12.9. The van der Waals surface area contributed by atoms with Gasteiger partial charge >= 0.3 is 6.09 Å². The number of hydrogen-bond acceptors (Lipinski definition) is 2. The van der Waals surface area contributed by atoms with Crippen LogP contribution >= 0.6 is 12.6 Å². The van der Waals surface area contributed by atoms with Gasteiger partial charge in [0.25, 0.3) is 0 Å². The molecule has 0 bridgehead atoms. The van der Waals surface area contributed by atoms with Gasteiger partial charge in [-0.05, 0) is 58.1 Å². The average Bonchev–Trinajstić information content (AvgIpc) is 2.16. The van der Waals surface area contributed by atoms with Gasteiger partial charge in [0.1, 0.15) is 0 Å². The SMILES string of the molecule is CC(C)(C)N(C(=O)O)[C@H]1CC[C@H](CS)CC1. The zero-order chi connectivity index (χ0) is 12.3. The van der Waals surface area contributed by atoms with Gasteiger partial charge in [0, 0.05) is 11.6 Å². The van der Waals surface area contributed by atoms with Crippen LogP contribution in [0.25, 0.3) is 0 Å². The lowest BCUT2D eigenvalue weighted by molar-refractivity contribution is 0.0519. The van der Waals surface area contributed by atoms with Crippen LogP contribution in [0.2, 0.25) is 0 Å². The number of carboxylic acid groups (broad SMARTS) is 1. The molecule has 16 heavy (non-hydrogen) atoms. The van der Waals surface area contributed by atoms with Gasteiger partial charge in [-0.1, -0.05) is 0 Å². The average molecular weight is 245 g/mol. The molecule has 0 spiro atoms. The van der Waals surface area contributed by atoms with E-state index >= 15 is 0 Å². The van der Waals surface area contributed by atoms with Crippen LogP contribution in [0.4, 0.5) is 4.79 Å². The molecule has 0 aromatic carbocycles. The van der Waals surface area contributed by atoms with Gasteiger partial charge in [-0.3, -0.25) is 0 Å². The fourth-order valence-electron chi connectivity index (χ4n) is 2.58. The molecule has 0 unspecified atom stereocenters. The molecule has 0 heterocycles. The summed E-state index contributed by atoms with van der Waals surface area (Å²) in [6.45, 7) is 5.89. The third-order valence-corrected chi connectivity index (χ3v) is 3.88. The van der Waals surface area contributed by atoms with Crippen LogP contribution in [0.3, 0.4) is 0 Å². The van der Waals surface area contributed by atoms with E-state index in [1.165, 1.54) is 0 Å². The fourth-order valence-corrected chi connectivity index (χ4v) is 2.94. The second-order valence-corrected chi connectivity index (χ2v) is 6.05. The van der Waals surface area contributed by atoms with E-state index in [1.807, 2.05) is 20.8 Å². The van der Waals surface area contributed by atoms with E-state index in [-0.39, 0.29) is 11.6 Å². The zero-order valence-electron chi connectivity index (χ0n) is 10.4. The van der Waals surface area contributed by atoms with E-state index < -0.39 is 6.09 Å². The first-order valence-corrected chi connectivity index (χ1v) is 6.62. The molecule has 0 aliphatic heterocycles. The standard InChI is InChI=1S/C12H23NO2S/c1-12(2,3)13(11(14)15)10-6-4-9(8-16)5-7-10/h9-10,16H,4-8H2,1-3H3,(H,14,15)/t9-,10-. The molecule has 1 saturated carbocycles. The third kappa shape index (κ3) is 3.30. The Balaban J connectivity index is 2.65. The maximum Gasteiger partial charge on any atom is 0.407 e. The minimum absolute atomic E-state index is 0.189. The Morgan fingerprint density at radius 3 is 2.12 bits per heavy atom. The number of carbonyl (C=O) groups is 1. The molecule has 1 rings (SSSR count). The molecule has 1 aliphatic carbocycles. The van der Waals surface area contributed by atoms with Crippen molar-refractivity contribution in [3.05, 3.63) is 0 Å². The minimum atomic E-state index is -0.790. The maximum absolute atomic E-state index is 11.3. The third-order valence-electron chi connectivity index (χ3n) is 3.37. The molecule has 3 nitrogen and oxygen atoms in total. The highest BCUT2D eigenvalue weighted by molar-refractivity contribution is 7.80. The van der Waals surface area contributed by atoms with E-state index in [4.69, 9.17) is 0 Å². The van der Waals surface area contributed by atoms with Crippen LogP contribution in [0, 0.1) is 5.92 Å². The van der Waals surface area contributed by atoms with Gasteiger partial charge in [-0.25, -0.2) is 4.79 Å². The van der Waals surface area contributed by atoms with Gasteiger partial charge in [-0.2, -0.15) is 12.6 Å². The van der Waals surface area contributed by atoms with Crippen LogP contribution in [-0.2, 0) is 0 Å². The zero-order valence-corrected chi connectivity index (χ0v) is 11.3. The molecular formula is C12H23NO2S. The van der Waals surface area contributed by atoms with Crippen LogP contribution < -0.4 is 0 Å². The van der Waals surface area contributed by atoms with E-state index in [0.29, 0.717) is 5.92 Å². The molecule has 94 valence electrons. The minimum Gasteiger partial charge on any atom is -0.465 e. The number of thiol groups is 1. The van der Waals surface area contributed by atoms with Gasteiger partial charge in [0.15, 0.2) is 0 Å². The lowest BCUT2D eigenvalue weighted by atomic mass is 9.85. The summed E-state index contributed by atoms with van der Waals surface area (Å²) in [5.41, 5.74) is -0.301. The highest BCUT2D eigenvalue weighted by Gasteiger charge is 2.35. The summed E-state index contributed by atoms with van der Waals surface area (Å²) in [5.74, 6) is 1.60. The van der Waals surface area contributed by atoms with Crippen LogP contribution in [0.15, 0.2) is 0 Å². The van der Waals surface area contributed by atoms with Crippen molar-refractivity contribution < 1.29 is 9.90 Å². The van der Waals surface area contributed by atoms with E-state index in [9.17, 15) is 9.90 Å². The van der Waals surface area contributed by atoms with E-state index in [2.05, 4.69) is 12.6 Å². The molecule has 0 radical (unpaired) electrons. The molecule has 1 aliphatic rings. The largest absolute Gasteiger partial charge is 0.465 e. The summed E-state index contributed by atoms with van der Waals surface area (Å²) in [5, 5.41) is 9.30. The molecule has 0 aromatic rings. The van der Waals surface area contributed by atoms with Crippen molar-refractivity contribution in [3.63, 3.8) is 0 Å². The van der Waals surface area contributed by atoms with Gasteiger partial charge in [-0.15, -0.1) is 0 Å². The summed E-state index contributed by atoms with van der Waals surface area (Å²) in [6.07, 6.45) is 3.38. The smallest absolute Gasteiger partial charge is 0.407 e. The van der Waals surface area contributed by atoms with Crippen molar-refractivity contribution in [2.75, 3.05) is 5.75 Å². The van der Waals surface area contributed by atoms with Crippen molar-refractivity contribution >= 4 is 18.7 Å². The Labute approximate surface area is 104 Å². The van der Waals surface area contributed by atoms with Crippen molar-refractivity contribution in [2.45, 2.75) is 58.0 Å². The van der Waals surface area contributed by atoms with Crippen molar-refractivity contribution in [1.29, 1.82) is 0 Å². The fraction of sp³-hybridized carbons (Fsp3) is 0.917. The number of hydrogen-bond donors (Lipinski definition) is 2. The monoisotopic (exact) mass is 245 g/mol. The Kier molecular flexibility index (Phi) is 4.53. The summed E-state index contributed by atoms with van der Waals surface area (Å²) in [6, 6.07) is 0.189. The van der Waals surface area contributed by atoms with Gasteiger partial charge in [0.2, 0.25) is 0 Å². The predicted molar refractivity (Wildman–Crippen MR) is 69.2 cm³/mol. The highest BCUT2D eigenvalue weighted by Crippen LogP contribution is 2.31. The van der Waals surface area contributed by atoms with E-state index in [1.54, 1.807) is 4.90 Å². The van der Waals surface area contributed by atoms with E-state index in [0.717, 1.165) is 31.4 Å². The molecule has 4 heteroatoms. The number of rotatable bonds is 2. The molecule has 1 fully saturated rings. The molecule has 0 saturated heterocycles. The molecule has 1 N–H and O–H groups in total. The lowest BCUT2D eigenvalue weighted by Gasteiger charge is -2.42. The Morgan fingerprint density at radius 2 is 1.81 bits per heavy atom.